The minimum absolute atomic E-state index is 0.135. The zero-order valence-corrected chi connectivity index (χ0v) is 24.6. The van der Waals surface area contributed by atoms with Gasteiger partial charge in [-0.15, -0.1) is 11.8 Å². The summed E-state index contributed by atoms with van der Waals surface area (Å²) in [7, 11) is 0. The minimum atomic E-state index is -0.731. The Balaban J connectivity index is 1.77. The van der Waals surface area contributed by atoms with Gasteiger partial charge in [0.15, 0.2) is 5.16 Å². The van der Waals surface area contributed by atoms with Gasteiger partial charge in [0.25, 0.3) is 0 Å². The van der Waals surface area contributed by atoms with Crippen LogP contribution in [-0.2, 0) is 22.7 Å². The lowest BCUT2D eigenvalue weighted by molar-refractivity contribution is 0.0547. The number of alkyl carbamates (subject to hydrolysis) is 1. The van der Waals surface area contributed by atoms with Crippen LogP contribution in [0.2, 0.25) is 10.2 Å². The van der Waals surface area contributed by atoms with Crippen molar-refractivity contribution in [1.29, 1.82) is 5.26 Å². The summed E-state index contributed by atoms with van der Waals surface area (Å²) in [5.74, 6) is 0.453. The number of thioether (sulfide) groups is 2. The summed E-state index contributed by atoms with van der Waals surface area (Å²) in [6.45, 7) is 7.75. The lowest BCUT2D eigenvalue weighted by Gasteiger charge is -2.26. The van der Waals surface area contributed by atoms with E-state index < -0.39 is 17.5 Å². The van der Waals surface area contributed by atoms with Crippen molar-refractivity contribution in [2.24, 2.45) is 0 Å². The van der Waals surface area contributed by atoms with Gasteiger partial charge in [0.05, 0.1) is 34.2 Å². The second kappa shape index (κ2) is 10.8. The van der Waals surface area contributed by atoms with Crippen LogP contribution in [0, 0.1) is 17.1 Å². The molecule has 7 nitrogen and oxygen atoms in total. The summed E-state index contributed by atoms with van der Waals surface area (Å²) in [6, 6.07) is 5.13. The van der Waals surface area contributed by atoms with E-state index in [1.165, 1.54) is 29.6 Å². The van der Waals surface area contributed by atoms with Gasteiger partial charge < -0.3 is 9.47 Å². The number of rotatable bonds is 4. The van der Waals surface area contributed by atoms with Crippen LogP contribution in [0.4, 0.5) is 9.18 Å². The summed E-state index contributed by atoms with van der Waals surface area (Å²) in [5, 5.41) is 14.6. The highest BCUT2D eigenvalue weighted by Gasteiger charge is 2.33. The SMILES string of the molecule is CCSc1nc(Cl)c2c3c(c(-c4ccc(F)c5c4C(C#N)=C(NC(=O)OC(C)(C)C)CS5)c(Cl)c2n1)COC3. The summed E-state index contributed by atoms with van der Waals surface area (Å²) < 4.78 is 26.3. The number of aromatic nitrogens is 2. The molecule has 0 fully saturated rings. The Hall–Kier alpha value is -2.55. The van der Waals surface area contributed by atoms with Crippen molar-refractivity contribution in [3.8, 4) is 17.2 Å². The van der Waals surface area contributed by atoms with Gasteiger partial charge in [-0.1, -0.05) is 48.0 Å². The van der Waals surface area contributed by atoms with Gasteiger partial charge in [0.2, 0.25) is 0 Å². The number of benzene rings is 2. The third kappa shape index (κ3) is 5.19. The summed E-state index contributed by atoms with van der Waals surface area (Å²) in [4.78, 5) is 22.0. The first kappa shape index (κ1) is 28.0. The number of allylic oxidation sites excluding steroid dienone is 1. The number of ether oxygens (including phenoxy) is 2. The highest BCUT2D eigenvalue weighted by Crippen LogP contribution is 2.50. The monoisotopic (exact) mass is 604 g/mol. The molecule has 1 aromatic heterocycles. The molecule has 202 valence electrons. The third-order valence-corrected chi connectivity index (χ3v) is 8.55. The second-order valence-corrected chi connectivity index (χ2v) is 12.7. The fourth-order valence-corrected chi connectivity index (χ4v) is 6.94. The number of halogens is 3. The summed E-state index contributed by atoms with van der Waals surface area (Å²) >= 11 is 16.3. The maximum absolute atomic E-state index is 15.1. The Morgan fingerprint density at radius 3 is 2.69 bits per heavy atom. The number of fused-ring (bicyclic) bond motifs is 4. The van der Waals surface area contributed by atoms with E-state index in [0.717, 1.165) is 16.9 Å². The number of hydrogen-bond donors (Lipinski definition) is 1. The Morgan fingerprint density at radius 2 is 2.00 bits per heavy atom. The first-order valence-corrected chi connectivity index (χ1v) is 14.8. The average Bonchev–Trinajstić information content (AvgIpc) is 3.33. The number of amides is 1. The van der Waals surface area contributed by atoms with Crippen LogP contribution in [0.15, 0.2) is 27.9 Å². The van der Waals surface area contributed by atoms with Gasteiger partial charge in [0.1, 0.15) is 22.6 Å². The van der Waals surface area contributed by atoms with Crippen LogP contribution in [-0.4, -0.2) is 33.2 Å². The molecule has 39 heavy (non-hydrogen) atoms. The molecule has 2 aliphatic rings. The van der Waals surface area contributed by atoms with Gasteiger partial charge >= 0.3 is 6.09 Å². The van der Waals surface area contributed by atoms with Crippen LogP contribution in [0.5, 0.6) is 0 Å². The van der Waals surface area contributed by atoms with Crippen molar-refractivity contribution in [2.45, 2.75) is 56.6 Å². The molecule has 12 heteroatoms. The smallest absolute Gasteiger partial charge is 0.411 e. The molecule has 5 rings (SSSR count). The maximum atomic E-state index is 15.1. The fourth-order valence-electron chi connectivity index (χ4n) is 4.61. The molecule has 2 aliphatic heterocycles. The Kier molecular flexibility index (Phi) is 7.74. The highest BCUT2D eigenvalue weighted by atomic mass is 35.5. The molecule has 0 aliphatic carbocycles. The molecule has 3 heterocycles. The molecule has 0 spiro atoms. The lowest BCUT2D eigenvalue weighted by Crippen LogP contribution is -2.33. The molecule has 0 saturated heterocycles. The van der Waals surface area contributed by atoms with E-state index in [2.05, 4.69) is 16.4 Å². The van der Waals surface area contributed by atoms with Crippen LogP contribution in [0.25, 0.3) is 27.6 Å². The van der Waals surface area contributed by atoms with E-state index in [9.17, 15) is 10.1 Å². The fraction of sp³-hybridized carbons (Fsp3) is 0.333. The van der Waals surface area contributed by atoms with Crippen LogP contribution in [0.3, 0.4) is 0 Å². The van der Waals surface area contributed by atoms with E-state index in [-0.39, 0.29) is 29.7 Å². The molecular formula is C27H23Cl2FN4O3S2. The van der Waals surface area contributed by atoms with E-state index in [1.54, 1.807) is 26.8 Å². The van der Waals surface area contributed by atoms with Crippen LogP contribution in [0.1, 0.15) is 44.4 Å². The summed E-state index contributed by atoms with van der Waals surface area (Å²) in [5.41, 5.74) is 3.24. The van der Waals surface area contributed by atoms with Gasteiger partial charge in [0, 0.05) is 28.0 Å². The number of nitrogens with one attached hydrogen (secondary N) is 1. The Labute approximate surface area is 243 Å². The predicted octanol–water partition coefficient (Wildman–Crippen LogP) is 7.75. The lowest BCUT2D eigenvalue weighted by atomic mass is 9.88. The van der Waals surface area contributed by atoms with Crippen molar-refractivity contribution < 1.29 is 18.7 Å². The van der Waals surface area contributed by atoms with Crippen LogP contribution < -0.4 is 5.32 Å². The summed E-state index contributed by atoms with van der Waals surface area (Å²) in [6.07, 6.45) is -0.697. The first-order chi connectivity index (χ1) is 18.5. The van der Waals surface area contributed by atoms with Gasteiger partial charge in [-0.25, -0.2) is 19.2 Å². The number of carbonyl (C=O) groups is 1. The molecule has 0 unspecified atom stereocenters. The molecule has 0 saturated carbocycles. The number of carbonyl (C=O) groups excluding carboxylic acids is 1. The molecule has 0 radical (unpaired) electrons. The zero-order chi connectivity index (χ0) is 28.1. The van der Waals surface area contributed by atoms with Crippen molar-refractivity contribution in [3.05, 3.63) is 50.5 Å². The second-order valence-electron chi connectivity index (χ2n) is 9.77. The normalized spacial score (nSPS) is 14.7. The number of hydrogen-bond acceptors (Lipinski definition) is 8. The molecular weight excluding hydrogens is 582 g/mol. The highest BCUT2D eigenvalue weighted by molar-refractivity contribution is 7.99. The molecule has 0 atom stereocenters. The quantitative estimate of drug-likeness (QED) is 0.183. The topological polar surface area (TPSA) is 97.1 Å². The largest absolute Gasteiger partial charge is 0.444 e. The van der Waals surface area contributed by atoms with Crippen molar-refractivity contribution in [1.82, 2.24) is 15.3 Å². The minimum Gasteiger partial charge on any atom is -0.444 e. The Morgan fingerprint density at radius 1 is 1.26 bits per heavy atom. The van der Waals surface area contributed by atoms with Crippen molar-refractivity contribution in [2.75, 3.05) is 11.5 Å². The predicted molar refractivity (Wildman–Crippen MR) is 152 cm³/mol. The van der Waals surface area contributed by atoms with Gasteiger partial charge in [-0.3, -0.25) is 5.32 Å². The maximum Gasteiger partial charge on any atom is 0.411 e. The van der Waals surface area contributed by atoms with Crippen molar-refractivity contribution >= 4 is 69.3 Å². The van der Waals surface area contributed by atoms with E-state index in [4.69, 9.17) is 37.7 Å². The molecule has 2 aromatic carbocycles. The van der Waals surface area contributed by atoms with E-state index in [0.29, 0.717) is 48.4 Å². The van der Waals surface area contributed by atoms with E-state index >= 15 is 4.39 Å². The van der Waals surface area contributed by atoms with E-state index in [1.807, 2.05) is 6.92 Å². The average molecular weight is 606 g/mol. The van der Waals surface area contributed by atoms with Crippen molar-refractivity contribution in [3.63, 3.8) is 0 Å². The standard InChI is InChI=1S/C27H23Cl2FN4O3S2/c1-5-38-25-33-22-20(24(29)34-25)15-10-36-9-14(15)18(21(22)28)12-6-7-16(30)23-19(12)13(8-31)17(11-39-23)32-26(35)37-27(2,3)4/h6-7H,5,9-11H2,1-4H3,(H,32,35). The molecule has 3 aromatic rings. The number of nitrogens with zero attached hydrogens (tertiary/aromatic N) is 3. The number of nitriles is 1. The van der Waals surface area contributed by atoms with Crippen LogP contribution >= 0.6 is 46.7 Å². The molecule has 0 bridgehead atoms. The third-order valence-electron chi connectivity index (χ3n) is 6.06. The van der Waals surface area contributed by atoms with Gasteiger partial charge in [-0.05, 0) is 49.3 Å². The zero-order valence-electron chi connectivity index (χ0n) is 21.5. The first-order valence-electron chi connectivity index (χ1n) is 12.0. The molecule has 1 amide bonds. The van der Waals surface area contributed by atoms with Gasteiger partial charge in [-0.2, -0.15) is 5.26 Å². The Bertz CT molecular complexity index is 1620. The molecule has 1 N–H and O–H groups in total.